The summed E-state index contributed by atoms with van der Waals surface area (Å²) in [6, 6.07) is -2.74. The fraction of sp³-hybridized carbons (Fsp3) is 0.529. The fourth-order valence-electron chi connectivity index (χ4n) is 2.26. The quantitative estimate of drug-likeness (QED) is 0.867. The van der Waals surface area contributed by atoms with Gasteiger partial charge in [0.1, 0.15) is 20.5 Å². The van der Waals surface area contributed by atoms with E-state index in [1.807, 2.05) is 0 Å². The molecule has 7 heteroatoms. The lowest BCUT2D eigenvalue weighted by molar-refractivity contribution is -0.130. The maximum atomic E-state index is 13.0. The van der Waals surface area contributed by atoms with Gasteiger partial charge in [-0.05, 0) is 25.2 Å². The van der Waals surface area contributed by atoms with Gasteiger partial charge in [-0.1, -0.05) is 6.85 Å². The highest BCUT2D eigenvalue weighted by atomic mass is 16.2. The van der Waals surface area contributed by atoms with Gasteiger partial charge < -0.3 is 19.6 Å². The average molecular weight is 339 g/mol. The summed E-state index contributed by atoms with van der Waals surface area (Å²) in [5.74, 6) is -6.07. The van der Waals surface area contributed by atoms with Crippen LogP contribution in [0.4, 0.5) is 5.82 Å². The van der Waals surface area contributed by atoms with Crippen LogP contribution in [0.5, 0.6) is 0 Å². The number of aryl methyl sites for hydroxylation is 1. The second kappa shape index (κ2) is 6.48. The number of carbonyl (C=O) groups is 1. The van der Waals surface area contributed by atoms with Crippen LogP contribution in [-0.4, -0.2) is 58.3 Å². The molecular formula is C17H22N6O. The summed E-state index contributed by atoms with van der Waals surface area (Å²) in [7, 11) is 1.03. The topological polar surface area (TPSA) is 69.5 Å². The molecule has 126 valence electrons. The van der Waals surface area contributed by atoms with E-state index in [2.05, 4.69) is 19.8 Å². The fourth-order valence-corrected chi connectivity index (χ4v) is 2.26. The molecule has 7 nitrogen and oxygen atoms in total. The molecule has 1 saturated heterocycles. The predicted molar refractivity (Wildman–Crippen MR) is 92.6 cm³/mol. The summed E-state index contributed by atoms with van der Waals surface area (Å²) < 4.78 is 108. The highest BCUT2D eigenvalue weighted by Gasteiger charge is 2.33. The summed E-state index contributed by atoms with van der Waals surface area (Å²) in [6.45, 7) is -6.30. The predicted octanol–water partition coefficient (Wildman–Crippen LogP) is 1.86. The molecule has 2 aromatic heterocycles. The molecule has 24 heavy (non-hydrogen) atoms. The number of fused-ring (bicyclic) bond motifs is 1. The van der Waals surface area contributed by atoms with Crippen molar-refractivity contribution in [3.05, 3.63) is 29.5 Å². The number of hydrogen-bond donors (Lipinski definition) is 1. The lowest BCUT2D eigenvalue weighted by atomic mass is 9.92. The summed E-state index contributed by atoms with van der Waals surface area (Å²) >= 11 is 0. The van der Waals surface area contributed by atoms with Crippen LogP contribution in [0.15, 0.2) is 12.4 Å². The minimum Gasteiger partial charge on any atom is -0.354 e. The number of carbonyl (C=O) groups excluding carboxylic acids is 1. The van der Waals surface area contributed by atoms with Crippen LogP contribution in [0.3, 0.4) is 0 Å². The molecule has 0 spiro atoms. The van der Waals surface area contributed by atoms with Gasteiger partial charge in [-0.2, -0.15) is 0 Å². The van der Waals surface area contributed by atoms with Crippen LogP contribution in [0.25, 0.3) is 15.9 Å². The monoisotopic (exact) mass is 339 g/mol. The number of likely N-dealkylation sites (N-methyl/N-ethyl adjacent to an activating group) is 1. The molecule has 2 aromatic rings. The van der Waals surface area contributed by atoms with Crippen LogP contribution in [-0.2, 0) is 4.79 Å². The van der Waals surface area contributed by atoms with Crippen LogP contribution in [0, 0.1) is 19.4 Å². The smallest absolute Gasteiger partial charge is 0.302 e. The van der Waals surface area contributed by atoms with Crippen molar-refractivity contribution in [2.45, 2.75) is 26.2 Å². The third kappa shape index (κ3) is 2.92. The number of rotatable bonds is 3. The Morgan fingerprint density at radius 3 is 3.38 bits per heavy atom. The summed E-state index contributed by atoms with van der Waals surface area (Å²) in [5.41, 5.74) is 0.384. The molecule has 0 radical (unpaired) electrons. The van der Waals surface area contributed by atoms with Crippen molar-refractivity contribution in [2.75, 3.05) is 31.4 Å². The highest BCUT2D eigenvalue weighted by Crippen LogP contribution is 2.29. The van der Waals surface area contributed by atoms with Gasteiger partial charge in [0.2, 0.25) is 0 Å². The molecule has 1 N–H and O–H groups in total. The van der Waals surface area contributed by atoms with Gasteiger partial charge in [0, 0.05) is 36.7 Å². The number of aromatic nitrogens is 3. The van der Waals surface area contributed by atoms with Gasteiger partial charge in [0.05, 0.1) is 15.5 Å². The number of likely N-dealkylation sites (tertiary alicyclic amines) is 1. The number of amides is 1. The second-order valence-corrected chi connectivity index (χ2v) is 4.95. The minimum absolute atomic E-state index is 0.0466. The molecule has 0 unspecified atom stereocenters. The number of nitrogens with one attached hydrogen (secondary N) is 1. The molecule has 3 rings (SSSR count). The van der Waals surface area contributed by atoms with E-state index in [0.29, 0.717) is 5.69 Å². The number of piperidine rings is 1. The zero-order valence-corrected chi connectivity index (χ0v) is 12.8. The van der Waals surface area contributed by atoms with Gasteiger partial charge in [0.25, 0.3) is 6.50 Å². The molecule has 1 fully saturated rings. The molecule has 0 bridgehead atoms. The normalized spacial score (nSPS) is 39.3. The lowest BCUT2D eigenvalue weighted by Gasteiger charge is -2.41. The Bertz CT molecular complexity index is 1300. The Labute approximate surface area is 159 Å². The van der Waals surface area contributed by atoms with E-state index in [-0.39, 0.29) is 22.9 Å². The molecule has 1 aliphatic rings. The van der Waals surface area contributed by atoms with Crippen molar-refractivity contribution >= 4 is 22.8 Å². The third-order valence-electron chi connectivity index (χ3n) is 3.35. The Hall–Kier alpha value is -2.62. The van der Waals surface area contributed by atoms with Gasteiger partial charge in [-0.3, -0.25) is 4.79 Å². The Morgan fingerprint density at radius 1 is 1.79 bits per heavy atom. The van der Waals surface area contributed by atoms with E-state index in [1.165, 1.54) is 6.92 Å². The van der Waals surface area contributed by atoms with E-state index in [1.54, 1.807) is 0 Å². The Balaban J connectivity index is 2.45. The van der Waals surface area contributed by atoms with Crippen LogP contribution >= 0.6 is 0 Å². The van der Waals surface area contributed by atoms with E-state index < -0.39 is 55.5 Å². The number of hydrogen-bond acceptors (Lipinski definition) is 4. The highest BCUT2D eigenvalue weighted by molar-refractivity contribution is 5.88. The van der Waals surface area contributed by atoms with Gasteiger partial charge in [-0.25, -0.2) is 16.5 Å². The summed E-state index contributed by atoms with van der Waals surface area (Å²) in [4.78, 5) is 26.5. The molecule has 0 aromatic carbocycles. The molecule has 1 amide bonds. The zero-order valence-electron chi connectivity index (χ0n) is 25.8. The first kappa shape index (κ1) is 6.71. The summed E-state index contributed by atoms with van der Waals surface area (Å²) in [5, 5.41) is -0.0466. The lowest BCUT2D eigenvalue weighted by Crippen LogP contribution is -2.53. The second-order valence-electron chi connectivity index (χ2n) is 4.95. The Morgan fingerprint density at radius 2 is 2.62 bits per heavy atom. The van der Waals surface area contributed by atoms with Crippen molar-refractivity contribution in [2.24, 2.45) is 5.89 Å². The zero-order chi connectivity index (χ0) is 28.7. The van der Waals surface area contributed by atoms with E-state index in [0.717, 1.165) is 18.3 Å². The van der Waals surface area contributed by atoms with Gasteiger partial charge in [0.15, 0.2) is 0 Å². The molecule has 1 aliphatic heterocycles. The minimum atomic E-state index is -3.91. The van der Waals surface area contributed by atoms with Crippen molar-refractivity contribution in [3.63, 3.8) is 0 Å². The number of H-pyrrole nitrogens is 1. The molecule has 3 heterocycles. The number of aromatic amines is 1. The van der Waals surface area contributed by atoms with Crippen molar-refractivity contribution in [3.8, 4) is 0 Å². The molecular weight excluding hydrogens is 304 g/mol. The van der Waals surface area contributed by atoms with Gasteiger partial charge >= 0.3 is 5.91 Å². The molecule has 0 saturated carbocycles. The van der Waals surface area contributed by atoms with E-state index in [4.69, 9.17) is 24.4 Å². The first-order chi connectivity index (χ1) is 16.5. The van der Waals surface area contributed by atoms with E-state index >= 15 is 0 Å². The maximum absolute atomic E-state index is 13.0. The van der Waals surface area contributed by atoms with Gasteiger partial charge in [-0.15, -0.1) is 0 Å². The Kier molecular flexibility index (Phi) is 1.81. The van der Waals surface area contributed by atoms with Crippen LogP contribution < -0.4 is 4.90 Å². The summed E-state index contributed by atoms with van der Waals surface area (Å²) in [6.07, 6.45) is -2.88. The average Bonchev–Trinajstić information content (AvgIpc) is 3.04. The largest absolute Gasteiger partial charge is 0.354 e. The van der Waals surface area contributed by atoms with E-state index in [9.17, 15) is 4.79 Å². The van der Waals surface area contributed by atoms with Crippen molar-refractivity contribution < 1.29 is 22.6 Å². The maximum Gasteiger partial charge on any atom is 0.302 e. The number of anilines is 1. The first-order valence-corrected chi connectivity index (χ1v) is 6.79. The number of nitrogens with zero attached hydrogens (tertiary/aromatic N) is 5. The van der Waals surface area contributed by atoms with Crippen molar-refractivity contribution in [1.29, 1.82) is 0 Å². The standard InChI is InChI=1S/C17H22N6O/c1-11-5-6-23(15(24)8-18-3)9-14(11)22(4)17-13-7-12(2)21-16(13)19-10-20-17/h7,10-11,14H,5-6,8-9H2,1-2,4H3,(H,19,20,21)/t11-,14+/m1/s1/i1D3,5D2,6D2,7D,8D2,9D2,11D. The third-order valence-corrected chi connectivity index (χ3v) is 3.35. The van der Waals surface area contributed by atoms with Crippen LogP contribution in [0.2, 0.25) is 0 Å². The first-order valence-electron chi connectivity index (χ1n) is 13.3. The molecule has 2 atom stereocenters. The SMILES string of the molecule is [2H]c1c(C)[nH]c2ncnc(N(C)[C@H]3C([2H])([2H])N(C(=O)C([2H])([2H])[N+]#[C-])C([2H])([2H])C([2H])([2H])[C@@]3([2H])C([2H])([2H])[2H])c12. The van der Waals surface area contributed by atoms with Crippen LogP contribution in [0.1, 0.15) is 36.7 Å². The molecule has 0 aliphatic carbocycles. The van der Waals surface area contributed by atoms with Crippen molar-refractivity contribution in [1.82, 2.24) is 19.9 Å².